The maximum Gasteiger partial charge on any atom is 0.0720 e. The lowest BCUT2D eigenvalue weighted by Gasteiger charge is -2.50. The van der Waals surface area contributed by atoms with Crippen molar-refractivity contribution in [3.8, 4) is 22.3 Å². The van der Waals surface area contributed by atoms with Gasteiger partial charge in [-0.1, -0.05) is 231 Å². The lowest BCUT2D eigenvalue weighted by atomic mass is 9.51. The van der Waals surface area contributed by atoms with Crippen molar-refractivity contribution in [3.05, 3.63) is 305 Å². The Morgan fingerprint density at radius 2 is 0.708 bits per heavy atom. The molecule has 0 radical (unpaired) electrons. The monoisotopic (exact) mass is 825 g/mol. The van der Waals surface area contributed by atoms with Crippen molar-refractivity contribution in [1.29, 1.82) is 0 Å². The molecular weight excluding hydrogens is 783 g/mol. The fraction of sp³-hybridized carbons (Fsp3) is 0.0312. The predicted octanol–water partition coefficient (Wildman–Crippen LogP) is 16.2. The van der Waals surface area contributed by atoms with Crippen LogP contribution in [0.25, 0.3) is 43.8 Å². The largest absolute Gasteiger partial charge is 0.310 e. The molecule has 0 atom stereocenters. The summed E-state index contributed by atoms with van der Waals surface area (Å²) in [4.78, 5) is 2.46. The molecule has 0 aliphatic heterocycles. The Labute approximate surface area is 380 Å². The average Bonchev–Trinajstić information content (AvgIpc) is 3.67. The number of rotatable bonds is 6. The predicted molar refractivity (Wildman–Crippen MR) is 271 cm³/mol. The van der Waals surface area contributed by atoms with E-state index in [4.69, 9.17) is 0 Å². The number of fused-ring (bicyclic) bond motifs is 11. The van der Waals surface area contributed by atoms with Gasteiger partial charge in [-0.25, -0.2) is 0 Å². The highest BCUT2D eigenvalue weighted by atomic mass is 15.1. The minimum atomic E-state index is -0.560. The second-order valence-electron chi connectivity index (χ2n) is 17.5. The SMILES string of the molecule is c1ccc(C2(c3ccccc3)c3ccccc3C3(c4ccccc4-c4cc(N(c5ccc(-c6cccc7ccccc67)cc5)c5cccc6ccccc56)ccc43)c3ccccc32)cc1. The van der Waals surface area contributed by atoms with Crippen LogP contribution in [0.2, 0.25) is 0 Å². The summed E-state index contributed by atoms with van der Waals surface area (Å²) in [6, 6.07) is 97.1. The van der Waals surface area contributed by atoms with E-state index in [0.29, 0.717) is 0 Å². The van der Waals surface area contributed by atoms with E-state index in [1.807, 2.05) is 0 Å². The van der Waals surface area contributed by atoms with Crippen LogP contribution in [-0.4, -0.2) is 0 Å². The maximum absolute atomic E-state index is 2.46. The molecule has 11 aromatic rings. The summed E-state index contributed by atoms with van der Waals surface area (Å²) in [6.07, 6.45) is 0. The van der Waals surface area contributed by atoms with Crippen LogP contribution in [0.15, 0.2) is 261 Å². The minimum Gasteiger partial charge on any atom is -0.310 e. The van der Waals surface area contributed by atoms with Crippen LogP contribution in [0.3, 0.4) is 0 Å². The summed E-state index contributed by atoms with van der Waals surface area (Å²) in [7, 11) is 0. The van der Waals surface area contributed by atoms with Crippen molar-refractivity contribution in [2.24, 2.45) is 0 Å². The molecule has 0 saturated heterocycles. The Morgan fingerprint density at radius 1 is 0.262 bits per heavy atom. The van der Waals surface area contributed by atoms with E-state index in [1.54, 1.807) is 0 Å². The molecule has 0 unspecified atom stereocenters. The second-order valence-corrected chi connectivity index (χ2v) is 17.5. The summed E-state index contributed by atoms with van der Waals surface area (Å²) in [5.74, 6) is 0. The van der Waals surface area contributed by atoms with Crippen LogP contribution in [0.4, 0.5) is 17.1 Å². The lowest BCUT2D eigenvalue weighted by Crippen LogP contribution is -2.44. The van der Waals surface area contributed by atoms with E-state index >= 15 is 0 Å². The third-order valence-electron chi connectivity index (χ3n) is 14.4. The first kappa shape index (κ1) is 37.3. The highest BCUT2D eigenvalue weighted by Gasteiger charge is 2.56. The third kappa shape index (κ3) is 5.33. The fourth-order valence-corrected chi connectivity index (χ4v) is 11.8. The number of hydrogen-bond acceptors (Lipinski definition) is 1. The zero-order valence-corrected chi connectivity index (χ0v) is 35.8. The van der Waals surface area contributed by atoms with Crippen LogP contribution < -0.4 is 4.90 Å². The quantitative estimate of drug-likeness (QED) is 0.161. The summed E-state index contributed by atoms with van der Waals surface area (Å²) in [5.41, 5.74) is 17.6. The molecular formula is C64H43N. The smallest absolute Gasteiger partial charge is 0.0720 e. The molecule has 1 heteroatoms. The highest BCUT2D eigenvalue weighted by molar-refractivity contribution is 6.01. The van der Waals surface area contributed by atoms with Crippen molar-refractivity contribution in [3.63, 3.8) is 0 Å². The van der Waals surface area contributed by atoms with Gasteiger partial charge in [0.25, 0.3) is 0 Å². The Hall–Kier alpha value is -8.26. The second kappa shape index (κ2) is 14.7. The van der Waals surface area contributed by atoms with Gasteiger partial charge in [0.15, 0.2) is 0 Å². The molecule has 0 saturated carbocycles. The summed E-state index contributed by atoms with van der Waals surface area (Å²) < 4.78 is 0. The molecule has 0 bridgehead atoms. The average molecular weight is 826 g/mol. The molecule has 1 spiro atoms. The first-order valence-corrected chi connectivity index (χ1v) is 22.7. The Bertz CT molecular complexity index is 3500. The molecule has 0 heterocycles. The zero-order valence-electron chi connectivity index (χ0n) is 35.8. The van der Waals surface area contributed by atoms with E-state index in [9.17, 15) is 0 Å². The summed E-state index contributed by atoms with van der Waals surface area (Å²) in [6.45, 7) is 0. The molecule has 2 aliphatic carbocycles. The van der Waals surface area contributed by atoms with E-state index in [1.165, 1.54) is 88.3 Å². The fourth-order valence-electron chi connectivity index (χ4n) is 11.8. The molecule has 0 fully saturated rings. The molecule has 2 aliphatic rings. The van der Waals surface area contributed by atoms with E-state index in [-0.39, 0.29) is 0 Å². The van der Waals surface area contributed by atoms with Gasteiger partial charge in [-0.2, -0.15) is 0 Å². The molecule has 11 aromatic carbocycles. The normalized spacial score (nSPS) is 13.8. The first-order chi connectivity index (χ1) is 32.3. The van der Waals surface area contributed by atoms with Gasteiger partial charge < -0.3 is 4.90 Å². The molecule has 0 N–H and O–H groups in total. The number of nitrogens with zero attached hydrogens (tertiary/aromatic N) is 1. The third-order valence-corrected chi connectivity index (χ3v) is 14.4. The molecule has 304 valence electrons. The Morgan fingerprint density at radius 3 is 1.35 bits per heavy atom. The number of benzene rings is 11. The van der Waals surface area contributed by atoms with E-state index in [0.717, 1.165) is 17.1 Å². The van der Waals surface area contributed by atoms with Crippen LogP contribution >= 0.6 is 0 Å². The van der Waals surface area contributed by atoms with Gasteiger partial charge in [0.1, 0.15) is 0 Å². The van der Waals surface area contributed by atoms with Crippen LogP contribution in [0.5, 0.6) is 0 Å². The van der Waals surface area contributed by atoms with Gasteiger partial charge in [-0.05, 0) is 113 Å². The molecule has 65 heavy (non-hydrogen) atoms. The van der Waals surface area contributed by atoms with Crippen molar-refractivity contribution < 1.29 is 0 Å². The van der Waals surface area contributed by atoms with Crippen molar-refractivity contribution >= 4 is 38.6 Å². The highest BCUT2D eigenvalue weighted by Crippen LogP contribution is 2.65. The van der Waals surface area contributed by atoms with Gasteiger partial charge in [-0.3, -0.25) is 0 Å². The van der Waals surface area contributed by atoms with Crippen LogP contribution in [0.1, 0.15) is 44.5 Å². The first-order valence-electron chi connectivity index (χ1n) is 22.7. The van der Waals surface area contributed by atoms with Crippen molar-refractivity contribution in [1.82, 2.24) is 0 Å². The van der Waals surface area contributed by atoms with Gasteiger partial charge in [0.2, 0.25) is 0 Å². The van der Waals surface area contributed by atoms with Gasteiger partial charge >= 0.3 is 0 Å². The van der Waals surface area contributed by atoms with Gasteiger partial charge in [-0.15, -0.1) is 0 Å². The van der Waals surface area contributed by atoms with E-state index < -0.39 is 10.8 Å². The number of anilines is 3. The Balaban J connectivity index is 1.06. The topological polar surface area (TPSA) is 3.24 Å². The summed E-state index contributed by atoms with van der Waals surface area (Å²) >= 11 is 0. The Kier molecular flexibility index (Phi) is 8.41. The number of hydrogen-bond donors (Lipinski definition) is 0. The van der Waals surface area contributed by atoms with Gasteiger partial charge in [0, 0.05) is 16.8 Å². The molecule has 13 rings (SSSR count). The maximum atomic E-state index is 2.46. The standard InChI is InChI=1S/C64H43N/c1-3-23-47(24-4-1)63(48-25-5-2-6-26-48)58-32-13-15-34-60(58)64(61-35-16-14-33-59(61)63)56-31-12-11-29-54(56)55-43-50(41-42-57(55)64)65(62-36-18-22-45-20-8-10-28-53(45)62)49-39-37-46(38-40-49)52-30-17-21-44-19-7-9-27-51(44)52/h1-43H. The zero-order chi connectivity index (χ0) is 43.0. The van der Waals surface area contributed by atoms with Gasteiger partial charge in [0.05, 0.1) is 16.5 Å². The van der Waals surface area contributed by atoms with Crippen molar-refractivity contribution in [2.45, 2.75) is 10.8 Å². The minimum absolute atomic E-state index is 0.540. The molecule has 0 aromatic heterocycles. The van der Waals surface area contributed by atoms with Crippen LogP contribution in [-0.2, 0) is 10.8 Å². The molecule has 0 amide bonds. The molecule has 1 nitrogen and oxygen atoms in total. The van der Waals surface area contributed by atoms with E-state index in [2.05, 4.69) is 266 Å². The van der Waals surface area contributed by atoms with Crippen molar-refractivity contribution in [2.75, 3.05) is 4.90 Å². The lowest BCUT2D eigenvalue weighted by molar-refractivity contribution is 0.623. The summed E-state index contributed by atoms with van der Waals surface area (Å²) in [5, 5.41) is 4.93. The van der Waals surface area contributed by atoms with Crippen LogP contribution in [0, 0.1) is 0 Å².